The third kappa shape index (κ3) is 3.13. The number of nitrogens with one attached hydrogen (secondary N) is 1. The van der Waals surface area contributed by atoms with Crippen molar-refractivity contribution in [3.05, 3.63) is 11.6 Å². The van der Waals surface area contributed by atoms with Crippen LogP contribution < -0.4 is 5.32 Å². The third-order valence-corrected chi connectivity index (χ3v) is 2.29. The Labute approximate surface area is 78.9 Å². The molecule has 0 amide bonds. The van der Waals surface area contributed by atoms with E-state index in [4.69, 9.17) is 16.3 Å². The molecule has 0 aromatic heterocycles. The van der Waals surface area contributed by atoms with Crippen LogP contribution in [-0.4, -0.2) is 25.3 Å². The standard InChI is InChI=1S/C9H16ClNO/c1-2-12-9-6-8(7-9)11-5-3-4-10/h3-4,8-9,11H,2,5-7H2,1H3/b4-3+. The Kier molecular flexibility index (Phi) is 4.66. The van der Waals surface area contributed by atoms with E-state index in [1.807, 2.05) is 13.0 Å². The molecule has 1 rings (SSSR count). The molecule has 0 aromatic rings. The lowest BCUT2D eigenvalue weighted by Gasteiger charge is -2.35. The highest BCUT2D eigenvalue weighted by molar-refractivity contribution is 6.25. The van der Waals surface area contributed by atoms with Gasteiger partial charge in [-0.15, -0.1) is 0 Å². The zero-order chi connectivity index (χ0) is 8.81. The highest BCUT2D eigenvalue weighted by Crippen LogP contribution is 2.22. The van der Waals surface area contributed by atoms with Crippen LogP contribution >= 0.6 is 11.6 Å². The topological polar surface area (TPSA) is 21.3 Å². The fourth-order valence-corrected chi connectivity index (χ4v) is 1.47. The second kappa shape index (κ2) is 5.57. The molecular weight excluding hydrogens is 174 g/mol. The quantitative estimate of drug-likeness (QED) is 0.714. The fraction of sp³-hybridized carbons (Fsp3) is 0.778. The van der Waals surface area contributed by atoms with Crippen LogP contribution in [0.3, 0.4) is 0 Å². The molecule has 3 heteroatoms. The van der Waals surface area contributed by atoms with Gasteiger partial charge in [0.1, 0.15) is 0 Å². The predicted octanol–water partition coefficient (Wildman–Crippen LogP) is 1.90. The van der Waals surface area contributed by atoms with E-state index in [-0.39, 0.29) is 0 Å². The minimum Gasteiger partial charge on any atom is -0.378 e. The van der Waals surface area contributed by atoms with Crippen molar-refractivity contribution in [1.82, 2.24) is 5.32 Å². The van der Waals surface area contributed by atoms with Crippen molar-refractivity contribution in [3.63, 3.8) is 0 Å². The Morgan fingerprint density at radius 1 is 1.58 bits per heavy atom. The van der Waals surface area contributed by atoms with Gasteiger partial charge in [-0.05, 0) is 19.8 Å². The Hall–Kier alpha value is -0.0500. The molecule has 1 aliphatic rings. The Balaban J connectivity index is 1.94. The lowest BCUT2D eigenvalue weighted by Crippen LogP contribution is -2.45. The summed E-state index contributed by atoms with van der Waals surface area (Å²) in [7, 11) is 0. The largest absolute Gasteiger partial charge is 0.378 e. The number of hydrogen-bond donors (Lipinski definition) is 1. The lowest BCUT2D eigenvalue weighted by molar-refractivity contribution is -0.00898. The van der Waals surface area contributed by atoms with Crippen molar-refractivity contribution in [1.29, 1.82) is 0 Å². The highest BCUT2D eigenvalue weighted by Gasteiger charge is 2.28. The van der Waals surface area contributed by atoms with Crippen LogP contribution in [0.1, 0.15) is 19.8 Å². The van der Waals surface area contributed by atoms with Crippen LogP contribution in [0.15, 0.2) is 11.6 Å². The minimum absolute atomic E-state index is 0.493. The van der Waals surface area contributed by atoms with E-state index in [1.165, 1.54) is 0 Å². The molecule has 1 saturated carbocycles. The average Bonchev–Trinajstić information content (AvgIpc) is 2.00. The second-order valence-electron chi connectivity index (χ2n) is 3.02. The molecule has 70 valence electrons. The summed E-state index contributed by atoms with van der Waals surface area (Å²) in [4.78, 5) is 0. The van der Waals surface area contributed by atoms with Gasteiger partial charge in [-0.1, -0.05) is 17.7 Å². The van der Waals surface area contributed by atoms with Gasteiger partial charge < -0.3 is 10.1 Å². The van der Waals surface area contributed by atoms with E-state index in [9.17, 15) is 0 Å². The molecule has 1 aliphatic carbocycles. The van der Waals surface area contributed by atoms with Gasteiger partial charge in [0.2, 0.25) is 0 Å². The molecule has 0 spiro atoms. The maximum absolute atomic E-state index is 5.43. The van der Waals surface area contributed by atoms with E-state index < -0.39 is 0 Å². The summed E-state index contributed by atoms with van der Waals surface area (Å²) >= 11 is 5.38. The predicted molar refractivity (Wildman–Crippen MR) is 51.4 cm³/mol. The fourth-order valence-electron chi connectivity index (χ4n) is 1.38. The van der Waals surface area contributed by atoms with Crippen LogP contribution in [0.2, 0.25) is 0 Å². The third-order valence-electron chi connectivity index (χ3n) is 2.11. The summed E-state index contributed by atoms with van der Waals surface area (Å²) in [5.41, 5.74) is 1.55. The first-order valence-corrected chi connectivity index (χ1v) is 4.90. The lowest BCUT2D eigenvalue weighted by atomic mass is 9.89. The minimum atomic E-state index is 0.493. The molecule has 0 unspecified atom stereocenters. The number of rotatable bonds is 5. The Morgan fingerprint density at radius 3 is 2.92 bits per heavy atom. The normalized spacial score (nSPS) is 29.2. The van der Waals surface area contributed by atoms with Crippen LogP contribution in [0, 0.1) is 0 Å². The molecule has 0 atom stereocenters. The van der Waals surface area contributed by atoms with Crippen molar-refractivity contribution in [2.45, 2.75) is 31.9 Å². The average molecular weight is 190 g/mol. The molecule has 1 fully saturated rings. The first kappa shape index (κ1) is 10.0. The summed E-state index contributed by atoms with van der Waals surface area (Å²) in [6, 6.07) is 0.634. The van der Waals surface area contributed by atoms with E-state index in [0.29, 0.717) is 12.1 Å². The second-order valence-corrected chi connectivity index (χ2v) is 3.27. The Bertz CT molecular complexity index is 143. The van der Waals surface area contributed by atoms with Crippen molar-refractivity contribution >= 4 is 11.6 Å². The van der Waals surface area contributed by atoms with Crippen molar-refractivity contribution in [2.24, 2.45) is 0 Å². The first-order chi connectivity index (χ1) is 5.86. The van der Waals surface area contributed by atoms with Gasteiger partial charge in [-0.2, -0.15) is 0 Å². The molecular formula is C9H16ClNO. The molecule has 0 radical (unpaired) electrons. The summed E-state index contributed by atoms with van der Waals surface area (Å²) in [6.45, 7) is 3.74. The summed E-state index contributed by atoms with van der Waals surface area (Å²) < 4.78 is 5.43. The van der Waals surface area contributed by atoms with Gasteiger partial charge in [0.15, 0.2) is 0 Å². The van der Waals surface area contributed by atoms with Gasteiger partial charge in [0.05, 0.1) is 6.10 Å². The van der Waals surface area contributed by atoms with Crippen LogP contribution in [-0.2, 0) is 4.74 Å². The SMILES string of the molecule is CCOC1CC(NC/C=C/Cl)C1. The number of ether oxygens (including phenoxy) is 1. The summed E-state index contributed by atoms with van der Waals surface area (Å²) in [5, 5.41) is 3.36. The van der Waals surface area contributed by atoms with Crippen LogP contribution in [0.5, 0.6) is 0 Å². The molecule has 2 nitrogen and oxygen atoms in total. The molecule has 1 N–H and O–H groups in total. The van der Waals surface area contributed by atoms with E-state index in [2.05, 4.69) is 5.32 Å². The summed E-state index contributed by atoms with van der Waals surface area (Å²) in [5.74, 6) is 0. The van der Waals surface area contributed by atoms with Crippen molar-refractivity contribution in [3.8, 4) is 0 Å². The van der Waals surface area contributed by atoms with Crippen molar-refractivity contribution < 1.29 is 4.74 Å². The highest BCUT2D eigenvalue weighted by atomic mass is 35.5. The van der Waals surface area contributed by atoms with E-state index >= 15 is 0 Å². The summed E-state index contributed by atoms with van der Waals surface area (Å²) in [6.07, 6.45) is 4.69. The van der Waals surface area contributed by atoms with Gasteiger partial charge in [-0.25, -0.2) is 0 Å². The molecule has 12 heavy (non-hydrogen) atoms. The number of hydrogen-bond acceptors (Lipinski definition) is 2. The van der Waals surface area contributed by atoms with Gasteiger partial charge in [0, 0.05) is 24.7 Å². The van der Waals surface area contributed by atoms with E-state index in [1.54, 1.807) is 5.54 Å². The zero-order valence-electron chi connectivity index (χ0n) is 7.42. The molecule has 0 saturated heterocycles. The number of halogens is 1. The van der Waals surface area contributed by atoms with Gasteiger partial charge in [-0.3, -0.25) is 0 Å². The van der Waals surface area contributed by atoms with Gasteiger partial charge in [0.25, 0.3) is 0 Å². The molecule has 0 bridgehead atoms. The monoisotopic (exact) mass is 189 g/mol. The molecule has 0 heterocycles. The smallest absolute Gasteiger partial charge is 0.0604 e. The zero-order valence-corrected chi connectivity index (χ0v) is 8.18. The van der Waals surface area contributed by atoms with Crippen molar-refractivity contribution in [2.75, 3.05) is 13.2 Å². The first-order valence-electron chi connectivity index (χ1n) is 4.47. The van der Waals surface area contributed by atoms with Gasteiger partial charge >= 0.3 is 0 Å². The molecule has 0 aliphatic heterocycles. The van der Waals surface area contributed by atoms with E-state index in [0.717, 1.165) is 26.0 Å². The maximum Gasteiger partial charge on any atom is 0.0604 e. The molecule has 0 aromatic carbocycles. The Morgan fingerprint density at radius 2 is 2.33 bits per heavy atom. The maximum atomic E-state index is 5.43. The van der Waals surface area contributed by atoms with Crippen LogP contribution in [0.25, 0.3) is 0 Å². The van der Waals surface area contributed by atoms with Crippen LogP contribution in [0.4, 0.5) is 0 Å².